The van der Waals surface area contributed by atoms with E-state index in [0.29, 0.717) is 12.2 Å². The van der Waals surface area contributed by atoms with Crippen molar-refractivity contribution in [3.8, 4) is 5.75 Å². The molecule has 1 N–H and O–H groups in total. The molecule has 208 valence electrons. The summed E-state index contributed by atoms with van der Waals surface area (Å²) < 4.78 is 34.0. The number of ether oxygens (including phenoxy) is 1. The average Bonchev–Trinajstić information content (AvgIpc) is 2.92. The SMILES string of the molecule is CC[C@@H](C(=O)NC)N(Cc1ccc(C)cc1)C(=O)CN(c1ccc(OC)c(Cl)c1)S(=O)(=O)c1ccc(C)cc1. The van der Waals surface area contributed by atoms with Gasteiger partial charge in [0.2, 0.25) is 11.8 Å². The van der Waals surface area contributed by atoms with Crippen LogP contribution < -0.4 is 14.4 Å². The Morgan fingerprint density at radius 2 is 1.56 bits per heavy atom. The van der Waals surface area contributed by atoms with Crippen LogP contribution in [0.2, 0.25) is 5.02 Å². The maximum Gasteiger partial charge on any atom is 0.264 e. The number of amides is 2. The Morgan fingerprint density at radius 1 is 0.974 bits per heavy atom. The summed E-state index contributed by atoms with van der Waals surface area (Å²) in [5.74, 6) is -0.502. The van der Waals surface area contributed by atoms with Crippen molar-refractivity contribution in [2.45, 2.75) is 44.7 Å². The molecule has 0 fully saturated rings. The maximum atomic E-state index is 13.9. The third-order valence-electron chi connectivity index (χ3n) is 6.42. The zero-order valence-corrected chi connectivity index (χ0v) is 24.3. The number of nitrogens with zero attached hydrogens (tertiary/aromatic N) is 2. The number of carbonyl (C=O) groups is 2. The fraction of sp³-hybridized carbons (Fsp3) is 0.310. The molecular weight excluding hydrogens is 538 g/mol. The van der Waals surface area contributed by atoms with Crippen molar-refractivity contribution in [3.63, 3.8) is 0 Å². The summed E-state index contributed by atoms with van der Waals surface area (Å²) in [4.78, 5) is 28.2. The zero-order chi connectivity index (χ0) is 28.7. The molecule has 0 aliphatic carbocycles. The molecule has 0 heterocycles. The molecule has 0 saturated heterocycles. The molecule has 0 spiro atoms. The van der Waals surface area contributed by atoms with Gasteiger partial charge < -0.3 is 15.0 Å². The summed E-state index contributed by atoms with van der Waals surface area (Å²) in [6.07, 6.45) is 0.344. The number of methoxy groups -OCH3 is 1. The van der Waals surface area contributed by atoms with E-state index in [0.717, 1.165) is 21.0 Å². The number of benzene rings is 3. The summed E-state index contributed by atoms with van der Waals surface area (Å²) in [7, 11) is -1.22. The van der Waals surface area contributed by atoms with E-state index in [-0.39, 0.29) is 28.1 Å². The first-order chi connectivity index (χ1) is 18.5. The zero-order valence-electron chi connectivity index (χ0n) is 22.8. The van der Waals surface area contributed by atoms with Crippen molar-refractivity contribution in [2.75, 3.05) is 25.0 Å². The predicted molar refractivity (Wildman–Crippen MR) is 154 cm³/mol. The van der Waals surface area contributed by atoms with Crippen LogP contribution in [0.4, 0.5) is 5.69 Å². The van der Waals surface area contributed by atoms with Gasteiger partial charge in [-0.15, -0.1) is 0 Å². The molecule has 8 nitrogen and oxygen atoms in total. The third-order valence-corrected chi connectivity index (χ3v) is 8.50. The van der Waals surface area contributed by atoms with Crippen molar-refractivity contribution in [1.29, 1.82) is 0 Å². The lowest BCUT2D eigenvalue weighted by atomic mass is 10.1. The number of sulfonamides is 1. The lowest BCUT2D eigenvalue weighted by Crippen LogP contribution is -2.51. The molecule has 0 aromatic heterocycles. The fourth-order valence-electron chi connectivity index (χ4n) is 4.15. The minimum Gasteiger partial charge on any atom is -0.495 e. The number of hydrogen-bond acceptors (Lipinski definition) is 5. The summed E-state index contributed by atoms with van der Waals surface area (Å²) in [5, 5.41) is 2.81. The topological polar surface area (TPSA) is 96.0 Å². The Morgan fingerprint density at radius 3 is 2.08 bits per heavy atom. The van der Waals surface area contributed by atoms with Gasteiger partial charge in [-0.3, -0.25) is 13.9 Å². The Kier molecular flexibility index (Phi) is 9.99. The number of carbonyl (C=O) groups excluding carboxylic acids is 2. The van der Waals surface area contributed by atoms with Gasteiger partial charge >= 0.3 is 0 Å². The van der Waals surface area contributed by atoms with E-state index in [1.165, 1.54) is 43.3 Å². The van der Waals surface area contributed by atoms with Crippen LogP contribution in [0.25, 0.3) is 0 Å². The van der Waals surface area contributed by atoms with E-state index in [1.54, 1.807) is 25.1 Å². The van der Waals surface area contributed by atoms with Crippen LogP contribution >= 0.6 is 11.6 Å². The molecule has 0 radical (unpaired) electrons. The summed E-state index contributed by atoms with van der Waals surface area (Å²) in [6, 6.07) is 17.7. The van der Waals surface area contributed by atoms with E-state index >= 15 is 0 Å². The first-order valence-corrected chi connectivity index (χ1v) is 14.3. The summed E-state index contributed by atoms with van der Waals surface area (Å²) >= 11 is 6.35. The van der Waals surface area contributed by atoms with Crippen LogP contribution in [-0.4, -0.2) is 51.9 Å². The van der Waals surface area contributed by atoms with Crippen molar-refractivity contribution in [2.24, 2.45) is 0 Å². The maximum absolute atomic E-state index is 13.9. The van der Waals surface area contributed by atoms with Gasteiger partial charge in [0.05, 0.1) is 22.7 Å². The van der Waals surface area contributed by atoms with Gasteiger partial charge in [-0.2, -0.15) is 0 Å². The fourth-order valence-corrected chi connectivity index (χ4v) is 5.81. The van der Waals surface area contributed by atoms with Gasteiger partial charge in [0, 0.05) is 13.6 Å². The molecule has 1 atom stereocenters. The lowest BCUT2D eigenvalue weighted by Gasteiger charge is -2.33. The van der Waals surface area contributed by atoms with Gasteiger partial charge in [-0.1, -0.05) is 66.0 Å². The highest BCUT2D eigenvalue weighted by Gasteiger charge is 2.33. The van der Waals surface area contributed by atoms with Crippen molar-refractivity contribution in [1.82, 2.24) is 10.2 Å². The van der Waals surface area contributed by atoms with Gasteiger partial charge in [-0.25, -0.2) is 8.42 Å². The Labute approximate surface area is 235 Å². The number of likely N-dealkylation sites (N-methyl/N-ethyl adjacent to an activating group) is 1. The first kappa shape index (κ1) is 30.0. The van der Waals surface area contributed by atoms with Crippen molar-refractivity contribution >= 4 is 39.1 Å². The number of rotatable bonds is 11. The number of halogens is 1. The monoisotopic (exact) mass is 571 g/mol. The Hall–Kier alpha value is -3.56. The van der Waals surface area contributed by atoms with E-state index < -0.39 is 28.5 Å². The van der Waals surface area contributed by atoms with Crippen LogP contribution in [0.15, 0.2) is 71.6 Å². The molecule has 2 amide bonds. The second-order valence-electron chi connectivity index (χ2n) is 9.19. The Bertz CT molecular complexity index is 1410. The Balaban J connectivity index is 2.09. The highest BCUT2D eigenvalue weighted by Crippen LogP contribution is 2.32. The predicted octanol–water partition coefficient (Wildman–Crippen LogP) is 4.71. The summed E-state index contributed by atoms with van der Waals surface area (Å²) in [5.41, 5.74) is 2.96. The average molecular weight is 572 g/mol. The lowest BCUT2D eigenvalue weighted by molar-refractivity contribution is -0.140. The molecule has 10 heteroatoms. The smallest absolute Gasteiger partial charge is 0.264 e. The minimum absolute atomic E-state index is 0.0243. The molecule has 0 unspecified atom stereocenters. The van der Waals surface area contributed by atoms with Crippen molar-refractivity contribution in [3.05, 3.63) is 88.4 Å². The van der Waals surface area contributed by atoms with Crippen LogP contribution in [-0.2, 0) is 26.2 Å². The highest BCUT2D eigenvalue weighted by molar-refractivity contribution is 7.92. The number of hydrogen-bond donors (Lipinski definition) is 1. The van der Waals surface area contributed by atoms with Crippen LogP contribution in [0, 0.1) is 13.8 Å². The van der Waals surface area contributed by atoms with Gasteiger partial charge in [0.15, 0.2) is 0 Å². The van der Waals surface area contributed by atoms with Crippen LogP contribution in [0.1, 0.15) is 30.0 Å². The standard InChI is InChI=1S/C29H34ClN3O5S/c1-6-26(29(35)31-4)32(18-22-11-7-20(2)8-12-22)28(34)19-33(23-13-16-27(38-5)25(30)17-23)39(36,37)24-14-9-21(3)10-15-24/h7-17,26H,6,18-19H2,1-5H3,(H,31,35)/t26-/m0/s1. The second kappa shape index (κ2) is 13.0. The highest BCUT2D eigenvalue weighted by atomic mass is 35.5. The van der Waals surface area contributed by atoms with Gasteiger partial charge in [0.1, 0.15) is 18.3 Å². The van der Waals surface area contributed by atoms with Gasteiger partial charge in [-0.05, 0) is 56.2 Å². The molecule has 0 bridgehead atoms. The largest absolute Gasteiger partial charge is 0.495 e. The molecule has 0 aliphatic heterocycles. The number of aryl methyl sites for hydroxylation is 2. The number of nitrogens with one attached hydrogen (secondary N) is 1. The van der Waals surface area contributed by atoms with Gasteiger partial charge in [0.25, 0.3) is 10.0 Å². The van der Waals surface area contributed by atoms with Crippen LogP contribution in [0.3, 0.4) is 0 Å². The molecule has 0 saturated carbocycles. The molecule has 0 aliphatic rings. The van der Waals surface area contributed by atoms with E-state index in [2.05, 4.69) is 5.32 Å². The minimum atomic E-state index is -4.19. The quantitative estimate of drug-likeness (QED) is 0.359. The van der Waals surface area contributed by atoms with E-state index in [9.17, 15) is 18.0 Å². The molecule has 3 aromatic carbocycles. The van der Waals surface area contributed by atoms with Crippen molar-refractivity contribution < 1.29 is 22.7 Å². The molecular formula is C29H34ClN3O5S. The van der Waals surface area contributed by atoms with Crippen LogP contribution in [0.5, 0.6) is 5.75 Å². The summed E-state index contributed by atoms with van der Waals surface area (Å²) in [6.45, 7) is 5.21. The first-order valence-electron chi connectivity index (χ1n) is 12.5. The molecule has 39 heavy (non-hydrogen) atoms. The molecule has 3 rings (SSSR count). The third kappa shape index (κ3) is 7.10. The second-order valence-corrected chi connectivity index (χ2v) is 11.5. The van der Waals surface area contributed by atoms with E-state index in [4.69, 9.17) is 16.3 Å². The van der Waals surface area contributed by atoms with E-state index in [1.807, 2.05) is 38.1 Å². The number of anilines is 1. The molecule has 3 aromatic rings. The normalized spacial score (nSPS) is 11.9.